The Hall–Kier alpha value is -1.60. The van der Waals surface area contributed by atoms with Crippen LogP contribution < -0.4 is 10.0 Å². The van der Waals surface area contributed by atoms with Gasteiger partial charge in [-0.1, -0.05) is 12.1 Å². The number of anilines is 1. The molecule has 0 bridgehead atoms. The molecule has 0 saturated carbocycles. The van der Waals surface area contributed by atoms with Crippen molar-refractivity contribution in [2.75, 3.05) is 18.0 Å². The fourth-order valence-electron chi connectivity index (χ4n) is 2.42. The van der Waals surface area contributed by atoms with Gasteiger partial charge in [0.2, 0.25) is 10.0 Å². The number of nitrogens with two attached hydrogens (primary N) is 1. The number of carboxylic acids is 1. The van der Waals surface area contributed by atoms with E-state index in [2.05, 4.69) is 0 Å². The minimum Gasteiger partial charge on any atom is -0.481 e. The Morgan fingerprint density at radius 3 is 2.74 bits per heavy atom. The van der Waals surface area contributed by atoms with Crippen LogP contribution in [0.4, 0.5) is 5.69 Å². The van der Waals surface area contributed by atoms with Crippen molar-refractivity contribution in [3.63, 3.8) is 0 Å². The monoisotopic (exact) mass is 284 g/mol. The van der Waals surface area contributed by atoms with Gasteiger partial charge in [-0.2, -0.15) is 0 Å². The van der Waals surface area contributed by atoms with E-state index in [9.17, 15) is 13.2 Å². The molecule has 0 radical (unpaired) electrons. The van der Waals surface area contributed by atoms with Crippen LogP contribution in [0.2, 0.25) is 0 Å². The lowest BCUT2D eigenvalue weighted by Crippen LogP contribution is -2.24. The maximum absolute atomic E-state index is 11.5. The predicted molar refractivity (Wildman–Crippen MR) is 70.4 cm³/mol. The van der Waals surface area contributed by atoms with E-state index in [-0.39, 0.29) is 17.2 Å². The van der Waals surface area contributed by atoms with Crippen LogP contribution in [0.5, 0.6) is 0 Å². The van der Waals surface area contributed by atoms with Crippen molar-refractivity contribution in [3.8, 4) is 0 Å². The highest BCUT2D eigenvalue weighted by molar-refractivity contribution is 7.89. The van der Waals surface area contributed by atoms with Crippen molar-refractivity contribution in [1.29, 1.82) is 0 Å². The lowest BCUT2D eigenvalue weighted by atomic mass is 10.1. The summed E-state index contributed by atoms with van der Waals surface area (Å²) in [4.78, 5) is 12.7. The van der Waals surface area contributed by atoms with E-state index in [1.807, 2.05) is 4.90 Å². The fraction of sp³-hybridized carbons (Fsp3) is 0.417. The van der Waals surface area contributed by atoms with Crippen molar-refractivity contribution in [2.45, 2.75) is 17.7 Å². The molecule has 1 atom stereocenters. The first-order valence-electron chi connectivity index (χ1n) is 5.96. The molecular formula is C12H16N2O4S. The van der Waals surface area contributed by atoms with Gasteiger partial charge in [0.25, 0.3) is 0 Å². The minimum absolute atomic E-state index is 0.0473. The van der Waals surface area contributed by atoms with Gasteiger partial charge >= 0.3 is 5.97 Å². The maximum Gasteiger partial charge on any atom is 0.303 e. The van der Waals surface area contributed by atoms with Gasteiger partial charge in [-0.3, -0.25) is 4.79 Å². The lowest BCUT2D eigenvalue weighted by Gasteiger charge is -2.21. The van der Waals surface area contributed by atoms with E-state index in [1.165, 1.54) is 6.07 Å². The molecule has 0 aromatic heterocycles. The van der Waals surface area contributed by atoms with Crippen LogP contribution in [0.1, 0.15) is 12.8 Å². The Morgan fingerprint density at radius 1 is 1.42 bits per heavy atom. The maximum atomic E-state index is 11.5. The van der Waals surface area contributed by atoms with Gasteiger partial charge in [0, 0.05) is 19.5 Å². The molecule has 3 N–H and O–H groups in total. The first-order chi connectivity index (χ1) is 8.88. The number of carboxylic acid groups (broad SMARTS) is 1. The average molecular weight is 284 g/mol. The zero-order chi connectivity index (χ0) is 14.0. The van der Waals surface area contributed by atoms with Crippen molar-refractivity contribution in [3.05, 3.63) is 24.3 Å². The molecule has 0 amide bonds. The molecule has 1 fully saturated rings. The molecule has 0 spiro atoms. The average Bonchev–Trinajstić information content (AvgIpc) is 2.75. The highest BCUT2D eigenvalue weighted by Gasteiger charge is 2.27. The molecule has 19 heavy (non-hydrogen) atoms. The Kier molecular flexibility index (Phi) is 3.77. The summed E-state index contributed by atoms with van der Waals surface area (Å²) in [7, 11) is -3.77. The summed E-state index contributed by atoms with van der Waals surface area (Å²) in [6, 6.07) is 6.53. The van der Waals surface area contributed by atoms with E-state index in [0.717, 1.165) is 6.42 Å². The number of sulfonamides is 1. The Bertz CT molecular complexity index is 585. The van der Waals surface area contributed by atoms with Gasteiger partial charge < -0.3 is 10.0 Å². The second-order valence-electron chi connectivity index (χ2n) is 4.71. The second kappa shape index (κ2) is 5.18. The molecule has 1 heterocycles. The quantitative estimate of drug-likeness (QED) is 0.844. The zero-order valence-corrected chi connectivity index (χ0v) is 11.1. The van der Waals surface area contributed by atoms with Crippen molar-refractivity contribution < 1.29 is 18.3 Å². The second-order valence-corrected chi connectivity index (χ2v) is 6.24. The standard InChI is InChI=1S/C12H16N2O4S/c13-19(17,18)11-4-2-1-3-10(11)14-6-5-9(8-14)7-12(15)16/h1-4,9H,5-8H2,(H,15,16)(H2,13,17,18). The number of para-hydroxylation sites is 1. The van der Waals surface area contributed by atoms with Gasteiger partial charge in [0.1, 0.15) is 4.90 Å². The first-order valence-corrected chi connectivity index (χ1v) is 7.51. The number of hydrogen-bond donors (Lipinski definition) is 2. The van der Waals surface area contributed by atoms with E-state index in [4.69, 9.17) is 10.2 Å². The number of rotatable bonds is 4. The largest absolute Gasteiger partial charge is 0.481 e. The van der Waals surface area contributed by atoms with E-state index in [1.54, 1.807) is 18.2 Å². The van der Waals surface area contributed by atoms with Crippen LogP contribution in [0, 0.1) is 5.92 Å². The summed E-state index contributed by atoms with van der Waals surface area (Å²) in [5.41, 5.74) is 0.554. The molecule has 1 aromatic rings. The third-order valence-electron chi connectivity index (χ3n) is 3.26. The summed E-state index contributed by atoms with van der Waals surface area (Å²) < 4.78 is 23.1. The van der Waals surface area contributed by atoms with Gasteiger partial charge in [-0.05, 0) is 24.5 Å². The van der Waals surface area contributed by atoms with Gasteiger partial charge in [-0.25, -0.2) is 13.6 Å². The SMILES string of the molecule is NS(=O)(=O)c1ccccc1N1CCC(CC(=O)O)C1. The first kappa shape index (κ1) is 13.8. The molecule has 1 aromatic carbocycles. The summed E-state index contributed by atoms with van der Waals surface area (Å²) in [6.07, 6.45) is 0.847. The van der Waals surface area contributed by atoms with Crippen LogP contribution in [-0.2, 0) is 14.8 Å². The molecule has 7 heteroatoms. The fourth-order valence-corrected chi connectivity index (χ4v) is 3.18. The lowest BCUT2D eigenvalue weighted by molar-refractivity contribution is -0.137. The highest BCUT2D eigenvalue weighted by atomic mass is 32.2. The van der Waals surface area contributed by atoms with E-state index < -0.39 is 16.0 Å². The van der Waals surface area contributed by atoms with Crippen LogP contribution >= 0.6 is 0 Å². The summed E-state index contributed by atoms with van der Waals surface area (Å²) in [5.74, 6) is -0.780. The Morgan fingerprint density at radius 2 is 2.11 bits per heavy atom. The van der Waals surface area contributed by atoms with E-state index >= 15 is 0 Å². The predicted octanol–water partition coefficient (Wildman–Crippen LogP) is 0.635. The molecule has 0 aliphatic carbocycles. The summed E-state index contributed by atoms with van der Waals surface area (Å²) >= 11 is 0. The smallest absolute Gasteiger partial charge is 0.303 e. The third kappa shape index (κ3) is 3.24. The summed E-state index contributed by atoms with van der Waals surface area (Å²) in [5, 5.41) is 14.0. The third-order valence-corrected chi connectivity index (χ3v) is 4.22. The van der Waals surface area contributed by atoms with Crippen LogP contribution in [-0.4, -0.2) is 32.6 Å². The topological polar surface area (TPSA) is 101 Å². The Labute approximate surface area is 111 Å². The Balaban J connectivity index is 2.23. The van der Waals surface area contributed by atoms with E-state index in [0.29, 0.717) is 18.8 Å². The molecular weight excluding hydrogens is 268 g/mol. The van der Waals surface area contributed by atoms with Crippen LogP contribution in [0.15, 0.2) is 29.2 Å². The highest BCUT2D eigenvalue weighted by Crippen LogP contribution is 2.30. The number of hydrogen-bond acceptors (Lipinski definition) is 4. The molecule has 6 nitrogen and oxygen atoms in total. The molecule has 1 saturated heterocycles. The normalized spacial score (nSPS) is 19.6. The molecule has 1 aliphatic rings. The number of aliphatic carboxylic acids is 1. The van der Waals surface area contributed by atoms with Crippen LogP contribution in [0.25, 0.3) is 0 Å². The molecule has 104 valence electrons. The number of carbonyl (C=O) groups is 1. The number of benzene rings is 1. The summed E-state index contributed by atoms with van der Waals surface area (Å²) in [6.45, 7) is 1.18. The van der Waals surface area contributed by atoms with Gasteiger partial charge in [-0.15, -0.1) is 0 Å². The number of nitrogens with zero attached hydrogens (tertiary/aromatic N) is 1. The molecule has 1 unspecified atom stereocenters. The van der Waals surface area contributed by atoms with Crippen molar-refractivity contribution >= 4 is 21.7 Å². The van der Waals surface area contributed by atoms with Crippen molar-refractivity contribution in [2.24, 2.45) is 11.1 Å². The molecule has 2 rings (SSSR count). The zero-order valence-electron chi connectivity index (χ0n) is 10.3. The van der Waals surface area contributed by atoms with Crippen molar-refractivity contribution in [1.82, 2.24) is 0 Å². The van der Waals surface area contributed by atoms with Gasteiger partial charge in [0.05, 0.1) is 5.69 Å². The van der Waals surface area contributed by atoms with Gasteiger partial charge in [0.15, 0.2) is 0 Å². The van der Waals surface area contributed by atoms with Crippen LogP contribution in [0.3, 0.4) is 0 Å². The number of primary sulfonamides is 1. The molecule has 1 aliphatic heterocycles. The minimum atomic E-state index is -3.77.